The Morgan fingerprint density at radius 2 is 1.69 bits per heavy atom. The van der Waals surface area contributed by atoms with Crippen molar-refractivity contribution in [2.24, 2.45) is 5.73 Å². The Morgan fingerprint density at radius 3 is 2.23 bits per heavy atom. The highest BCUT2D eigenvalue weighted by molar-refractivity contribution is 7.89. The molecule has 0 amide bonds. The van der Waals surface area contributed by atoms with Gasteiger partial charge >= 0.3 is 0 Å². The molecule has 0 radical (unpaired) electrons. The summed E-state index contributed by atoms with van der Waals surface area (Å²) in [6, 6.07) is 11.9. The van der Waals surface area contributed by atoms with Crippen LogP contribution in [0.25, 0.3) is 0 Å². The summed E-state index contributed by atoms with van der Waals surface area (Å²) >= 11 is 0. The average molecular weight is 375 g/mol. The summed E-state index contributed by atoms with van der Waals surface area (Å²) in [5.74, 6) is -0.0790. The van der Waals surface area contributed by atoms with E-state index in [1.54, 1.807) is 13.8 Å². The van der Waals surface area contributed by atoms with E-state index in [-0.39, 0.29) is 29.1 Å². The van der Waals surface area contributed by atoms with Crippen LogP contribution in [0, 0.1) is 24.0 Å². The fourth-order valence-electron chi connectivity index (χ4n) is 3.61. The minimum absolute atomic E-state index is 0.0790. The molecule has 2 atom stereocenters. The van der Waals surface area contributed by atoms with Gasteiger partial charge in [-0.1, -0.05) is 30.3 Å². The van der Waals surface area contributed by atoms with Crippen LogP contribution in [0.15, 0.2) is 47.4 Å². The zero-order valence-corrected chi connectivity index (χ0v) is 15.4. The Kier molecular flexibility index (Phi) is 4.83. The van der Waals surface area contributed by atoms with Crippen LogP contribution in [-0.4, -0.2) is 36.8 Å². The highest BCUT2D eigenvalue weighted by atomic mass is 32.2. The summed E-state index contributed by atoms with van der Waals surface area (Å²) in [5, 5.41) is 11.0. The Balaban J connectivity index is 1.96. The van der Waals surface area contributed by atoms with Crippen molar-refractivity contribution in [1.82, 2.24) is 4.31 Å². The van der Waals surface area contributed by atoms with Gasteiger partial charge in [0.25, 0.3) is 5.69 Å². The van der Waals surface area contributed by atoms with E-state index in [2.05, 4.69) is 0 Å². The number of hydrogen-bond acceptors (Lipinski definition) is 5. The van der Waals surface area contributed by atoms with Gasteiger partial charge in [-0.05, 0) is 30.5 Å². The van der Waals surface area contributed by atoms with E-state index in [4.69, 9.17) is 5.73 Å². The number of hydrogen-bond donors (Lipinski definition) is 1. The van der Waals surface area contributed by atoms with E-state index in [0.29, 0.717) is 17.7 Å². The number of nitro groups is 1. The van der Waals surface area contributed by atoms with Crippen LogP contribution in [0.5, 0.6) is 0 Å². The predicted octanol–water partition coefficient (Wildman–Crippen LogP) is 2.33. The van der Waals surface area contributed by atoms with Crippen molar-refractivity contribution in [3.63, 3.8) is 0 Å². The topological polar surface area (TPSA) is 107 Å². The second-order valence-electron chi connectivity index (χ2n) is 6.67. The zero-order valence-electron chi connectivity index (χ0n) is 14.6. The third-order valence-corrected chi connectivity index (χ3v) is 6.95. The Hall–Kier alpha value is -2.29. The lowest BCUT2D eigenvalue weighted by Crippen LogP contribution is -2.33. The quantitative estimate of drug-likeness (QED) is 0.652. The third-order valence-electron chi connectivity index (χ3n) is 4.81. The highest BCUT2D eigenvalue weighted by Gasteiger charge is 2.39. The minimum Gasteiger partial charge on any atom is -0.326 e. The van der Waals surface area contributed by atoms with Crippen LogP contribution in [0.3, 0.4) is 0 Å². The van der Waals surface area contributed by atoms with Crippen LogP contribution in [0.2, 0.25) is 0 Å². The second kappa shape index (κ2) is 6.79. The molecule has 0 unspecified atom stereocenters. The number of non-ortho nitro benzene ring substituents is 1. The van der Waals surface area contributed by atoms with Crippen molar-refractivity contribution >= 4 is 15.7 Å². The minimum atomic E-state index is -3.79. The van der Waals surface area contributed by atoms with Crippen molar-refractivity contribution in [2.45, 2.75) is 30.7 Å². The predicted molar refractivity (Wildman–Crippen MR) is 98.5 cm³/mol. The van der Waals surface area contributed by atoms with Gasteiger partial charge in [0, 0.05) is 37.2 Å². The summed E-state index contributed by atoms with van der Waals surface area (Å²) in [5.41, 5.74) is 7.86. The molecule has 1 aliphatic rings. The zero-order chi connectivity index (χ0) is 19.1. The average Bonchev–Trinajstić information content (AvgIpc) is 2.97. The molecule has 8 heteroatoms. The van der Waals surface area contributed by atoms with Crippen molar-refractivity contribution in [3.8, 4) is 0 Å². The molecule has 7 nitrogen and oxygen atoms in total. The van der Waals surface area contributed by atoms with Gasteiger partial charge < -0.3 is 5.73 Å². The molecular formula is C18H21N3O4S. The molecule has 2 N–H and O–H groups in total. The lowest BCUT2D eigenvalue weighted by molar-refractivity contribution is -0.385. The molecule has 0 aliphatic carbocycles. The van der Waals surface area contributed by atoms with Crippen LogP contribution >= 0.6 is 0 Å². The monoisotopic (exact) mass is 375 g/mol. The SMILES string of the molecule is Cc1cc([N+](=O)[O-])cc(C)c1S(=O)(=O)N1C[C@@H](N)[C@H](c2ccccc2)C1. The Labute approximate surface area is 152 Å². The van der Waals surface area contributed by atoms with E-state index >= 15 is 0 Å². The largest absolute Gasteiger partial charge is 0.326 e. The number of nitro benzene ring substituents is 1. The smallest absolute Gasteiger partial charge is 0.270 e. The lowest BCUT2D eigenvalue weighted by Gasteiger charge is -2.19. The number of nitrogens with zero attached hydrogens (tertiary/aromatic N) is 2. The Morgan fingerprint density at radius 1 is 1.12 bits per heavy atom. The van der Waals surface area contributed by atoms with Gasteiger partial charge in [0.2, 0.25) is 10.0 Å². The maximum atomic E-state index is 13.2. The fraction of sp³-hybridized carbons (Fsp3) is 0.333. The van der Waals surface area contributed by atoms with E-state index < -0.39 is 14.9 Å². The molecule has 1 heterocycles. The molecule has 138 valence electrons. The first-order chi connectivity index (χ1) is 12.2. The fourth-order valence-corrected chi connectivity index (χ4v) is 5.52. The van der Waals surface area contributed by atoms with E-state index in [1.165, 1.54) is 16.4 Å². The van der Waals surface area contributed by atoms with E-state index in [1.807, 2.05) is 30.3 Å². The molecule has 0 spiro atoms. The van der Waals surface area contributed by atoms with Crippen LogP contribution in [0.1, 0.15) is 22.6 Å². The summed E-state index contributed by atoms with van der Waals surface area (Å²) in [6.07, 6.45) is 0. The lowest BCUT2D eigenvalue weighted by atomic mass is 9.95. The van der Waals surface area contributed by atoms with Crippen molar-refractivity contribution in [1.29, 1.82) is 0 Å². The molecule has 2 aromatic carbocycles. The number of sulfonamides is 1. The molecule has 3 rings (SSSR count). The van der Waals surface area contributed by atoms with Crippen LogP contribution < -0.4 is 5.73 Å². The van der Waals surface area contributed by atoms with E-state index in [0.717, 1.165) is 5.56 Å². The maximum absolute atomic E-state index is 13.2. The second-order valence-corrected chi connectivity index (χ2v) is 8.54. The van der Waals surface area contributed by atoms with Gasteiger partial charge in [0.1, 0.15) is 0 Å². The first-order valence-corrected chi connectivity index (χ1v) is 9.72. The van der Waals surface area contributed by atoms with Crippen LogP contribution in [-0.2, 0) is 10.0 Å². The molecule has 1 fully saturated rings. The summed E-state index contributed by atoms with van der Waals surface area (Å²) in [4.78, 5) is 10.6. The maximum Gasteiger partial charge on any atom is 0.270 e. The standard InChI is InChI=1S/C18H21N3O4S/c1-12-8-15(21(22)23)9-13(2)18(12)26(24,25)20-10-16(17(19)11-20)14-6-4-3-5-7-14/h3-9,16-17H,10-11,19H2,1-2H3/t16-,17+/m0/s1. The normalized spacial score (nSPS) is 21.0. The van der Waals surface area contributed by atoms with Crippen molar-refractivity contribution < 1.29 is 13.3 Å². The molecule has 2 aromatic rings. The first-order valence-electron chi connectivity index (χ1n) is 8.28. The molecule has 0 aromatic heterocycles. The van der Waals surface area contributed by atoms with Crippen molar-refractivity contribution in [3.05, 3.63) is 69.3 Å². The number of rotatable bonds is 4. The Bertz CT molecular complexity index is 921. The van der Waals surface area contributed by atoms with Crippen LogP contribution in [0.4, 0.5) is 5.69 Å². The van der Waals surface area contributed by atoms with Gasteiger partial charge in [-0.25, -0.2) is 8.42 Å². The number of aryl methyl sites for hydroxylation is 2. The van der Waals surface area contributed by atoms with Gasteiger partial charge in [-0.3, -0.25) is 10.1 Å². The van der Waals surface area contributed by atoms with Gasteiger partial charge in [-0.2, -0.15) is 4.31 Å². The summed E-state index contributed by atoms with van der Waals surface area (Å²) in [6.45, 7) is 3.68. The summed E-state index contributed by atoms with van der Waals surface area (Å²) in [7, 11) is -3.79. The third kappa shape index (κ3) is 3.23. The molecule has 26 heavy (non-hydrogen) atoms. The summed E-state index contributed by atoms with van der Waals surface area (Å²) < 4.78 is 27.7. The van der Waals surface area contributed by atoms with E-state index in [9.17, 15) is 18.5 Å². The molecule has 0 saturated carbocycles. The number of benzene rings is 2. The molecule has 1 saturated heterocycles. The molecule has 0 bridgehead atoms. The molecular weight excluding hydrogens is 354 g/mol. The number of nitrogens with two attached hydrogens (primary N) is 1. The molecule has 1 aliphatic heterocycles. The van der Waals surface area contributed by atoms with Gasteiger partial charge in [0.15, 0.2) is 0 Å². The van der Waals surface area contributed by atoms with Gasteiger partial charge in [0.05, 0.1) is 9.82 Å². The van der Waals surface area contributed by atoms with Gasteiger partial charge in [-0.15, -0.1) is 0 Å². The highest BCUT2D eigenvalue weighted by Crippen LogP contribution is 2.33. The van der Waals surface area contributed by atoms with Crippen molar-refractivity contribution in [2.75, 3.05) is 13.1 Å². The first kappa shape index (κ1) is 18.5.